The van der Waals surface area contributed by atoms with Crippen LogP contribution < -0.4 is 0 Å². The van der Waals surface area contributed by atoms with Crippen molar-refractivity contribution in [3.63, 3.8) is 0 Å². The van der Waals surface area contributed by atoms with Gasteiger partial charge in [-0.15, -0.1) is 0 Å². The Balaban J connectivity index is 2.46. The lowest BCUT2D eigenvalue weighted by Gasteiger charge is -2.09. The summed E-state index contributed by atoms with van der Waals surface area (Å²) >= 11 is 0. The van der Waals surface area contributed by atoms with E-state index in [9.17, 15) is 5.11 Å². The molecule has 0 aliphatic rings. The van der Waals surface area contributed by atoms with E-state index in [1.54, 1.807) is 0 Å². The molecule has 0 unspecified atom stereocenters. The van der Waals surface area contributed by atoms with Gasteiger partial charge in [0.25, 0.3) is 0 Å². The quantitative estimate of drug-likeness (QED) is 0.871. The molecule has 1 heterocycles. The van der Waals surface area contributed by atoms with Crippen molar-refractivity contribution in [3.05, 3.63) is 35.5 Å². The highest BCUT2D eigenvalue weighted by molar-refractivity contribution is 5.67. The molecule has 0 saturated heterocycles. The summed E-state index contributed by atoms with van der Waals surface area (Å²) in [5.74, 6) is 0.596. The summed E-state index contributed by atoms with van der Waals surface area (Å²) in [4.78, 5) is 0. The summed E-state index contributed by atoms with van der Waals surface area (Å²) in [5.41, 5.74) is 3.83. The van der Waals surface area contributed by atoms with Gasteiger partial charge in [-0.25, -0.2) is 0 Å². The molecule has 1 aromatic heterocycles. The average Bonchev–Trinajstić information content (AvgIpc) is 2.74. The summed E-state index contributed by atoms with van der Waals surface area (Å²) in [5, 5.41) is 15.2. The average molecular weight is 272 g/mol. The third-order valence-electron chi connectivity index (χ3n) is 3.56. The highest BCUT2D eigenvalue weighted by Gasteiger charge is 2.20. The lowest BCUT2D eigenvalue weighted by Crippen LogP contribution is -2.06. The number of hydrogen-bond acceptors (Lipinski definition) is 2. The molecule has 1 aromatic carbocycles. The van der Waals surface area contributed by atoms with Crippen molar-refractivity contribution in [2.24, 2.45) is 0 Å². The molecule has 0 saturated carbocycles. The van der Waals surface area contributed by atoms with Gasteiger partial charge >= 0.3 is 0 Å². The fraction of sp³-hybridized carbons (Fsp3) is 0.471. The Morgan fingerprint density at radius 1 is 1.20 bits per heavy atom. The van der Waals surface area contributed by atoms with Crippen molar-refractivity contribution in [2.45, 2.75) is 53.0 Å². The van der Waals surface area contributed by atoms with Gasteiger partial charge in [0.05, 0.1) is 5.69 Å². The van der Waals surface area contributed by atoms with Gasteiger partial charge in [-0.2, -0.15) is 5.10 Å². The zero-order valence-corrected chi connectivity index (χ0v) is 12.8. The second-order valence-corrected chi connectivity index (χ2v) is 5.68. The molecule has 3 heteroatoms. The lowest BCUT2D eigenvalue weighted by atomic mass is 10.1. The number of nitrogens with zero attached hydrogens (tertiary/aromatic N) is 2. The van der Waals surface area contributed by atoms with Gasteiger partial charge in [-0.05, 0) is 19.3 Å². The number of rotatable bonds is 5. The number of unbranched alkanes of at least 4 members (excludes halogenated alkanes) is 1. The van der Waals surface area contributed by atoms with Crippen LogP contribution in [0.4, 0.5) is 0 Å². The van der Waals surface area contributed by atoms with Gasteiger partial charge in [0.15, 0.2) is 5.75 Å². The first-order valence-corrected chi connectivity index (χ1v) is 7.41. The third-order valence-corrected chi connectivity index (χ3v) is 3.56. The predicted molar refractivity (Wildman–Crippen MR) is 83.1 cm³/mol. The number of benzene rings is 1. The predicted octanol–water partition coefficient (Wildman–Crippen LogP) is 4.49. The number of aromatic nitrogens is 2. The van der Waals surface area contributed by atoms with Crippen molar-refractivity contribution in [1.82, 2.24) is 9.78 Å². The van der Waals surface area contributed by atoms with Crippen LogP contribution in [0.3, 0.4) is 0 Å². The van der Waals surface area contributed by atoms with E-state index in [1.807, 2.05) is 16.8 Å². The van der Waals surface area contributed by atoms with E-state index in [2.05, 4.69) is 44.9 Å². The van der Waals surface area contributed by atoms with Crippen LogP contribution in [0.25, 0.3) is 11.3 Å². The Morgan fingerprint density at radius 2 is 1.85 bits per heavy atom. The Labute approximate surface area is 121 Å². The second kappa shape index (κ2) is 6.12. The summed E-state index contributed by atoms with van der Waals surface area (Å²) in [6.07, 6.45) is 2.20. The van der Waals surface area contributed by atoms with Crippen molar-refractivity contribution >= 4 is 0 Å². The van der Waals surface area contributed by atoms with Crippen LogP contribution in [0.5, 0.6) is 5.75 Å². The molecule has 0 bridgehead atoms. The van der Waals surface area contributed by atoms with Crippen molar-refractivity contribution in [1.29, 1.82) is 0 Å². The zero-order chi connectivity index (χ0) is 14.7. The summed E-state index contributed by atoms with van der Waals surface area (Å²) < 4.78 is 1.97. The second-order valence-electron chi connectivity index (χ2n) is 5.68. The fourth-order valence-electron chi connectivity index (χ4n) is 2.42. The third kappa shape index (κ3) is 2.87. The normalized spacial score (nSPS) is 11.2. The molecule has 0 spiro atoms. The maximum atomic E-state index is 10.5. The molecule has 1 N–H and O–H groups in total. The van der Waals surface area contributed by atoms with Crippen LogP contribution in [0.15, 0.2) is 24.3 Å². The minimum absolute atomic E-state index is 0.263. The minimum atomic E-state index is 0.263. The van der Waals surface area contributed by atoms with Crippen LogP contribution in [0.2, 0.25) is 0 Å². The number of aryl methyl sites for hydroxylation is 2. The summed E-state index contributed by atoms with van der Waals surface area (Å²) in [7, 11) is 0. The molecule has 0 fully saturated rings. The van der Waals surface area contributed by atoms with Crippen molar-refractivity contribution in [3.8, 4) is 17.0 Å². The summed E-state index contributed by atoms with van der Waals surface area (Å²) in [6.45, 7) is 9.28. The zero-order valence-electron chi connectivity index (χ0n) is 12.8. The van der Waals surface area contributed by atoms with E-state index in [4.69, 9.17) is 0 Å². The topological polar surface area (TPSA) is 38.0 Å². The van der Waals surface area contributed by atoms with E-state index in [1.165, 1.54) is 5.56 Å². The first-order chi connectivity index (χ1) is 9.54. The first-order valence-electron chi connectivity index (χ1n) is 7.41. The van der Waals surface area contributed by atoms with Gasteiger partial charge in [0.1, 0.15) is 5.69 Å². The van der Waals surface area contributed by atoms with Gasteiger partial charge in [-0.3, -0.25) is 4.68 Å². The van der Waals surface area contributed by atoms with Gasteiger partial charge in [0.2, 0.25) is 0 Å². The van der Waals surface area contributed by atoms with Gasteiger partial charge < -0.3 is 5.11 Å². The highest BCUT2D eigenvalue weighted by Crippen LogP contribution is 2.35. The maximum absolute atomic E-state index is 10.5. The number of aromatic hydroxyl groups is 1. The molecule has 0 amide bonds. The van der Waals surface area contributed by atoms with E-state index >= 15 is 0 Å². The molecule has 2 rings (SSSR count). The van der Waals surface area contributed by atoms with E-state index in [-0.39, 0.29) is 5.92 Å². The van der Waals surface area contributed by atoms with Crippen molar-refractivity contribution < 1.29 is 5.11 Å². The highest BCUT2D eigenvalue weighted by atomic mass is 16.3. The van der Waals surface area contributed by atoms with Crippen LogP contribution >= 0.6 is 0 Å². The van der Waals surface area contributed by atoms with E-state index in [0.717, 1.165) is 30.6 Å². The van der Waals surface area contributed by atoms with Crippen molar-refractivity contribution in [2.75, 3.05) is 0 Å². The van der Waals surface area contributed by atoms with Crippen LogP contribution in [0, 0.1) is 6.92 Å². The molecular weight excluding hydrogens is 248 g/mol. The van der Waals surface area contributed by atoms with Crippen LogP contribution in [-0.4, -0.2) is 14.9 Å². The summed E-state index contributed by atoms with van der Waals surface area (Å²) in [6, 6.07) is 8.14. The molecule has 0 radical (unpaired) electrons. The SMILES string of the molecule is CCCCn1nc(-c2ccc(C)cc2)c(O)c1C(C)C. The van der Waals surface area contributed by atoms with Gasteiger partial charge in [0, 0.05) is 12.1 Å². The molecule has 0 atom stereocenters. The first kappa shape index (κ1) is 14.6. The standard InChI is InChI=1S/C17H24N2O/c1-5-6-11-19-16(12(2)3)17(20)15(18-19)14-9-7-13(4)8-10-14/h7-10,12,20H,5-6,11H2,1-4H3. The van der Waals surface area contributed by atoms with E-state index in [0.29, 0.717) is 11.4 Å². The molecule has 108 valence electrons. The Kier molecular flexibility index (Phi) is 4.48. The monoisotopic (exact) mass is 272 g/mol. The Hall–Kier alpha value is -1.77. The lowest BCUT2D eigenvalue weighted by molar-refractivity contribution is 0.455. The van der Waals surface area contributed by atoms with Gasteiger partial charge in [-0.1, -0.05) is 57.0 Å². The molecule has 0 aliphatic heterocycles. The number of hydrogen-bond donors (Lipinski definition) is 1. The Bertz CT molecular complexity index is 567. The fourth-order valence-corrected chi connectivity index (χ4v) is 2.42. The van der Waals surface area contributed by atoms with Crippen LogP contribution in [-0.2, 0) is 6.54 Å². The molecule has 3 nitrogen and oxygen atoms in total. The smallest absolute Gasteiger partial charge is 0.165 e. The van der Waals surface area contributed by atoms with Crippen LogP contribution in [0.1, 0.15) is 50.8 Å². The molecule has 20 heavy (non-hydrogen) atoms. The Morgan fingerprint density at radius 3 is 2.40 bits per heavy atom. The van der Waals surface area contributed by atoms with E-state index < -0.39 is 0 Å². The molecule has 0 aliphatic carbocycles. The molecule has 2 aromatic rings. The molecular formula is C17H24N2O. The minimum Gasteiger partial charge on any atom is -0.504 e. The largest absolute Gasteiger partial charge is 0.504 e. The maximum Gasteiger partial charge on any atom is 0.165 e.